The maximum absolute atomic E-state index is 5.43. The van der Waals surface area contributed by atoms with E-state index in [2.05, 4.69) is 27.0 Å². The van der Waals surface area contributed by atoms with Gasteiger partial charge in [-0.2, -0.15) is 0 Å². The second kappa shape index (κ2) is 7.15. The number of morpholine rings is 1. The summed E-state index contributed by atoms with van der Waals surface area (Å²) in [5.41, 5.74) is 0.281. The molecule has 0 spiro atoms. The number of hydrogen-bond donors (Lipinski definition) is 1. The molecule has 3 rings (SSSR count). The van der Waals surface area contributed by atoms with Crippen molar-refractivity contribution in [1.82, 2.24) is 15.1 Å². The number of nitrogens with one attached hydrogen (secondary N) is 1. The summed E-state index contributed by atoms with van der Waals surface area (Å²) in [4.78, 5) is 9.42. The monoisotopic (exact) mass is 310 g/mol. The summed E-state index contributed by atoms with van der Waals surface area (Å²) < 4.78 is 10.8. The van der Waals surface area contributed by atoms with Gasteiger partial charge in [0, 0.05) is 51.7 Å². The lowest BCUT2D eigenvalue weighted by Crippen LogP contribution is -2.51. The molecule has 3 heterocycles. The molecule has 0 aromatic heterocycles. The molecular weight excluding hydrogens is 280 g/mol. The molecule has 1 atom stereocenters. The molecule has 0 aromatic carbocycles. The molecule has 126 valence electrons. The van der Waals surface area contributed by atoms with Crippen LogP contribution in [0.3, 0.4) is 0 Å². The number of ether oxygens (including phenoxy) is 2. The first-order valence-electron chi connectivity index (χ1n) is 8.52. The van der Waals surface area contributed by atoms with Gasteiger partial charge in [-0.15, -0.1) is 0 Å². The maximum atomic E-state index is 5.43. The quantitative estimate of drug-likeness (QED) is 0.596. The number of likely N-dealkylation sites (tertiary alicyclic amines) is 1. The van der Waals surface area contributed by atoms with Gasteiger partial charge in [0.1, 0.15) is 0 Å². The molecule has 0 saturated carbocycles. The lowest BCUT2D eigenvalue weighted by molar-refractivity contribution is -0.0972. The van der Waals surface area contributed by atoms with Gasteiger partial charge >= 0.3 is 0 Å². The van der Waals surface area contributed by atoms with Crippen molar-refractivity contribution in [1.29, 1.82) is 0 Å². The number of hydrogen-bond acceptors (Lipinski definition) is 4. The first kappa shape index (κ1) is 16.0. The molecule has 0 radical (unpaired) electrons. The molecule has 6 nitrogen and oxygen atoms in total. The Hall–Kier alpha value is -0.850. The van der Waals surface area contributed by atoms with Crippen molar-refractivity contribution in [3.8, 4) is 0 Å². The molecule has 3 fully saturated rings. The molecule has 0 aliphatic carbocycles. The third kappa shape index (κ3) is 3.91. The van der Waals surface area contributed by atoms with Gasteiger partial charge in [0.05, 0.1) is 26.4 Å². The third-order valence-electron chi connectivity index (χ3n) is 4.99. The second-order valence-corrected chi connectivity index (χ2v) is 7.22. The Morgan fingerprint density at radius 2 is 2.00 bits per heavy atom. The van der Waals surface area contributed by atoms with E-state index in [9.17, 15) is 0 Å². The van der Waals surface area contributed by atoms with Crippen molar-refractivity contribution in [3.05, 3.63) is 0 Å². The van der Waals surface area contributed by atoms with E-state index >= 15 is 0 Å². The molecule has 1 N–H and O–H groups in total. The maximum Gasteiger partial charge on any atom is 0.193 e. The van der Waals surface area contributed by atoms with E-state index in [1.807, 2.05) is 7.05 Å². The average molecular weight is 310 g/mol. The second-order valence-electron chi connectivity index (χ2n) is 7.22. The van der Waals surface area contributed by atoms with Gasteiger partial charge in [-0.25, -0.2) is 0 Å². The topological polar surface area (TPSA) is 49.3 Å². The fourth-order valence-electron chi connectivity index (χ4n) is 3.50. The highest BCUT2D eigenvalue weighted by molar-refractivity contribution is 5.80. The Labute approximate surface area is 133 Å². The molecular formula is C16H30N4O2. The lowest BCUT2D eigenvalue weighted by Gasteiger charge is -2.39. The normalized spacial score (nSPS) is 29.5. The summed E-state index contributed by atoms with van der Waals surface area (Å²) >= 11 is 0. The molecule has 1 unspecified atom stereocenters. The van der Waals surface area contributed by atoms with Crippen LogP contribution in [-0.4, -0.2) is 88.5 Å². The van der Waals surface area contributed by atoms with E-state index < -0.39 is 0 Å². The van der Waals surface area contributed by atoms with Gasteiger partial charge in [0.25, 0.3) is 0 Å². The highest BCUT2D eigenvalue weighted by Gasteiger charge is 2.34. The SMILES string of the molecule is CN=C(NCC1(C)COC1)N1CCC(CN2CCOCC2)C1. The standard InChI is InChI=1S/C16H30N4O2/c1-16(12-22-13-16)11-18-15(17-2)20-4-3-14(10-20)9-19-5-7-21-8-6-19/h14H,3-13H2,1-2H3,(H,17,18). The number of guanidine groups is 1. The smallest absolute Gasteiger partial charge is 0.193 e. The van der Waals surface area contributed by atoms with E-state index in [0.717, 1.165) is 71.0 Å². The van der Waals surface area contributed by atoms with Gasteiger partial charge in [0.2, 0.25) is 0 Å². The highest BCUT2D eigenvalue weighted by Crippen LogP contribution is 2.25. The van der Waals surface area contributed by atoms with Crippen molar-refractivity contribution in [2.24, 2.45) is 16.3 Å². The molecule has 0 amide bonds. The number of aliphatic imine (C=N–C) groups is 1. The molecule has 3 aliphatic heterocycles. The minimum Gasteiger partial charge on any atom is -0.380 e. The van der Waals surface area contributed by atoms with Gasteiger partial charge in [-0.05, 0) is 12.3 Å². The van der Waals surface area contributed by atoms with Crippen LogP contribution in [0.5, 0.6) is 0 Å². The summed E-state index contributed by atoms with van der Waals surface area (Å²) in [6, 6.07) is 0. The van der Waals surface area contributed by atoms with Gasteiger partial charge < -0.3 is 19.7 Å². The van der Waals surface area contributed by atoms with Crippen LogP contribution < -0.4 is 5.32 Å². The summed E-state index contributed by atoms with van der Waals surface area (Å²) in [5, 5.41) is 3.54. The van der Waals surface area contributed by atoms with Crippen LogP contribution in [0.2, 0.25) is 0 Å². The highest BCUT2D eigenvalue weighted by atomic mass is 16.5. The largest absolute Gasteiger partial charge is 0.380 e. The van der Waals surface area contributed by atoms with Crippen LogP contribution in [0, 0.1) is 11.3 Å². The Morgan fingerprint density at radius 3 is 2.64 bits per heavy atom. The Bertz CT molecular complexity index is 392. The lowest BCUT2D eigenvalue weighted by atomic mass is 9.89. The van der Waals surface area contributed by atoms with Crippen LogP contribution in [0.25, 0.3) is 0 Å². The fourth-order valence-corrected chi connectivity index (χ4v) is 3.50. The molecule has 0 aromatic rings. The van der Waals surface area contributed by atoms with Crippen LogP contribution >= 0.6 is 0 Å². The zero-order chi connectivity index (χ0) is 15.4. The van der Waals surface area contributed by atoms with Crippen LogP contribution in [0.1, 0.15) is 13.3 Å². The fraction of sp³-hybridized carbons (Fsp3) is 0.938. The van der Waals surface area contributed by atoms with Crippen molar-refractivity contribution in [2.45, 2.75) is 13.3 Å². The zero-order valence-electron chi connectivity index (χ0n) is 14.0. The van der Waals surface area contributed by atoms with Crippen molar-refractivity contribution in [2.75, 3.05) is 72.7 Å². The zero-order valence-corrected chi connectivity index (χ0v) is 14.0. The Balaban J connectivity index is 1.43. The summed E-state index contributed by atoms with van der Waals surface area (Å²) in [7, 11) is 1.89. The predicted octanol–water partition coefficient (Wildman–Crippen LogP) is 0.252. The van der Waals surface area contributed by atoms with Crippen LogP contribution in [0.4, 0.5) is 0 Å². The van der Waals surface area contributed by atoms with E-state index in [1.54, 1.807) is 0 Å². The summed E-state index contributed by atoms with van der Waals surface area (Å²) in [6.07, 6.45) is 1.26. The van der Waals surface area contributed by atoms with Crippen LogP contribution in [-0.2, 0) is 9.47 Å². The molecule has 3 saturated heterocycles. The third-order valence-corrected chi connectivity index (χ3v) is 4.99. The van der Waals surface area contributed by atoms with Gasteiger partial charge in [-0.3, -0.25) is 9.89 Å². The number of rotatable bonds is 4. The molecule has 3 aliphatic rings. The van der Waals surface area contributed by atoms with Gasteiger partial charge in [0.15, 0.2) is 5.96 Å². The first-order chi connectivity index (χ1) is 10.7. The van der Waals surface area contributed by atoms with Crippen LogP contribution in [0.15, 0.2) is 4.99 Å². The van der Waals surface area contributed by atoms with Crippen molar-refractivity contribution in [3.63, 3.8) is 0 Å². The van der Waals surface area contributed by atoms with E-state index in [4.69, 9.17) is 9.47 Å². The minimum atomic E-state index is 0.281. The van der Waals surface area contributed by atoms with E-state index in [0.29, 0.717) is 0 Å². The molecule has 0 bridgehead atoms. The van der Waals surface area contributed by atoms with E-state index in [1.165, 1.54) is 13.0 Å². The van der Waals surface area contributed by atoms with Crippen molar-refractivity contribution < 1.29 is 9.47 Å². The predicted molar refractivity (Wildman–Crippen MR) is 87.2 cm³/mol. The first-order valence-corrected chi connectivity index (χ1v) is 8.52. The average Bonchev–Trinajstić information content (AvgIpc) is 2.95. The molecule has 6 heteroatoms. The minimum absolute atomic E-state index is 0.281. The Kier molecular flexibility index (Phi) is 5.21. The summed E-state index contributed by atoms with van der Waals surface area (Å²) in [5.74, 6) is 1.80. The molecule has 22 heavy (non-hydrogen) atoms. The van der Waals surface area contributed by atoms with Crippen molar-refractivity contribution >= 4 is 5.96 Å². The van der Waals surface area contributed by atoms with Gasteiger partial charge in [-0.1, -0.05) is 6.92 Å². The van der Waals surface area contributed by atoms with E-state index in [-0.39, 0.29) is 5.41 Å². The Morgan fingerprint density at radius 1 is 1.23 bits per heavy atom. The number of nitrogens with zero attached hydrogens (tertiary/aromatic N) is 3. The summed E-state index contributed by atoms with van der Waals surface area (Å²) in [6.45, 7) is 12.3.